The van der Waals surface area contributed by atoms with E-state index in [9.17, 15) is 39.6 Å². The average molecular weight is 679 g/mol. The first kappa shape index (κ1) is 40.8. The van der Waals surface area contributed by atoms with Gasteiger partial charge in [0.15, 0.2) is 18.3 Å². The molecule has 0 aromatic rings. The van der Waals surface area contributed by atoms with Gasteiger partial charge in [-0.15, -0.1) is 0 Å². The Kier molecular flexibility index (Phi) is 16.0. The number of aliphatic hydroxyl groups is 4. The van der Waals surface area contributed by atoms with Crippen LogP contribution in [0.1, 0.15) is 81.1 Å². The Morgan fingerprint density at radius 1 is 0.745 bits per heavy atom. The van der Waals surface area contributed by atoms with Crippen molar-refractivity contribution in [3.05, 3.63) is 0 Å². The maximum Gasteiger partial charge on any atom is 0.309 e. The minimum atomic E-state index is -2.42. The van der Waals surface area contributed by atoms with Gasteiger partial charge < -0.3 is 53.6 Å². The topological polar surface area (TPSA) is 214 Å². The molecule has 2 rings (SSSR count). The molecule has 2 aliphatic heterocycles. The Morgan fingerprint density at radius 2 is 1.28 bits per heavy atom. The fraction of sp³-hybridized carbons (Fsp3) is 0.875. The number of esters is 4. The van der Waals surface area contributed by atoms with Gasteiger partial charge in [-0.25, -0.2) is 0 Å². The number of aliphatic hydroxyl groups excluding tert-OH is 4. The molecule has 1 unspecified atom stereocenters. The molecule has 4 N–H and O–H groups in total. The van der Waals surface area contributed by atoms with Crippen LogP contribution in [-0.4, -0.2) is 119 Å². The summed E-state index contributed by atoms with van der Waals surface area (Å²) in [5.41, 5.74) is 0. The van der Waals surface area contributed by atoms with Crippen molar-refractivity contribution in [1.29, 1.82) is 0 Å². The van der Waals surface area contributed by atoms with E-state index in [0.717, 1.165) is 0 Å². The van der Waals surface area contributed by atoms with Crippen molar-refractivity contribution in [3.63, 3.8) is 0 Å². The third kappa shape index (κ3) is 11.3. The number of hydrogen-bond donors (Lipinski definition) is 4. The maximum absolute atomic E-state index is 13.1. The van der Waals surface area contributed by atoms with Gasteiger partial charge in [-0.05, 0) is 24.2 Å². The SMILES string of the molecule is CCC(C)C(=O)O[C@@H]1[C@@H](OC(=O)CC(C)C)[C@@H](O[C@]2(CO)O[C@H](COC(=O)CC(C)C)[C@@H](O)[C@@H]2O)O[C@H](CO)[C@H]1OC(=O)CC(C)C. The molecule has 2 fully saturated rings. The Balaban J connectivity index is 2.53. The van der Waals surface area contributed by atoms with Gasteiger partial charge in [0.1, 0.15) is 37.6 Å². The van der Waals surface area contributed by atoms with Crippen LogP contribution in [0.15, 0.2) is 0 Å². The van der Waals surface area contributed by atoms with Crippen molar-refractivity contribution in [1.82, 2.24) is 0 Å². The van der Waals surface area contributed by atoms with Crippen molar-refractivity contribution in [2.24, 2.45) is 23.7 Å². The van der Waals surface area contributed by atoms with E-state index in [2.05, 4.69) is 0 Å². The van der Waals surface area contributed by atoms with Crippen molar-refractivity contribution >= 4 is 23.9 Å². The number of rotatable bonds is 17. The van der Waals surface area contributed by atoms with Crippen LogP contribution >= 0.6 is 0 Å². The lowest BCUT2D eigenvalue weighted by Crippen LogP contribution is -2.65. The van der Waals surface area contributed by atoms with Crippen LogP contribution in [0.4, 0.5) is 0 Å². The minimum absolute atomic E-state index is 0.00327. The Labute approximate surface area is 276 Å². The van der Waals surface area contributed by atoms with Crippen LogP contribution < -0.4 is 0 Å². The summed E-state index contributed by atoms with van der Waals surface area (Å²) in [6.45, 7) is 11.8. The Bertz CT molecular complexity index is 1030. The van der Waals surface area contributed by atoms with Crippen LogP contribution in [0.5, 0.6) is 0 Å². The lowest BCUT2D eigenvalue weighted by molar-refractivity contribution is -0.384. The summed E-state index contributed by atoms with van der Waals surface area (Å²) in [5.74, 6) is -6.06. The van der Waals surface area contributed by atoms with Gasteiger partial charge >= 0.3 is 23.9 Å². The largest absolute Gasteiger partial charge is 0.463 e. The molecule has 10 atom stereocenters. The fourth-order valence-corrected chi connectivity index (χ4v) is 5.03. The van der Waals surface area contributed by atoms with Crippen LogP contribution in [-0.2, 0) is 52.3 Å². The number of ether oxygens (including phenoxy) is 7. The highest BCUT2D eigenvalue weighted by Crippen LogP contribution is 2.38. The van der Waals surface area contributed by atoms with Gasteiger partial charge in [-0.2, -0.15) is 0 Å². The Morgan fingerprint density at radius 3 is 1.77 bits per heavy atom. The van der Waals surface area contributed by atoms with E-state index in [1.165, 1.54) is 0 Å². The monoisotopic (exact) mass is 678 g/mol. The second-order valence-corrected chi connectivity index (χ2v) is 13.5. The molecular formula is C32H54O15. The van der Waals surface area contributed by atoms with E-state index < -0.39 is 104 Å². The van der Waals surface area contributed by atoms with Crippen LogP contribution in [0.3, 0.4) is 0 Å². The molecule has 0 amide bonds. The van der Waals surface area contributed by atoms with Crippen LogP contribution in [0.25, 0.3) is 0 Å². The smallest absolute Gasteiger partial charge is 0.309 e. The summed E-state index contributed by atoms with van der Waals surface area (Å²) < 4.78 is 40.1. The minimum Gasteiger partial charge on any atom is -0.463 e. The van der Waals surface area contributed by atoms with Crippen molar-refractivity contribution in [2.75, 3.05) is 19.8 Å². The van der Waals surface area contributed by atoms with Crippen molar-refractivity contribution < 1.29 is 72.8 Å². The van der Waals surface area contributed by atoms with E-state index in [4.69, 9.17) is 33.2 Å². The van der Waals surface area contributed by atoms with E-state index in [1.807, 2.05) is 13.8 Å². The molecule has 0 spiro atoms. The summed E-state index contributed by atoms with van der Waals surface area (Å²) >= 11 is 0. The molecule has 2 saturated heterocycles. The van der Waals surface area contributed by atoms with Gasteiger partial charge in [0, 0.05) is 19.3 Å². The maximum atomic E-state index is 13.1. The molecule has 272 valence electrons. The van der Waals surface area contributed by atoms with E-state index in [-0.39, 0.29) is 37.0 Å². The van der Waals surface area contributed by atoms with E-state index in [0.29, 0.717) is 6.42 Å². The zero-order valence-corrected chi connectivity index (χ0v) is 28.7. The van der Waals surface area contributed by atoms with Crippen molar-refractivity contribution in [3.8, 4) is 0 Å². The standard InChI is InChI=1S/C32H54O15/c1-9-19(8)30(40)45-27-26(43-23(36)11-17(4)5)20(13-33)42-31(28(27)44-24(37)12-18(6)7)47-32(15-34)29(39)25(38)21(46-32)14-41-22(35)10-16(2)3/h16-21,25-29,31,33-34,38-39H,9-15H2,1-8H3/t19?,20-,21-,25-,26-,27+,28-,29+,31-,32+/m1/s1. The summed E-state index contributed by atoms with van der Waals surface area (Å²) in [6, 6.07) is 0. The van der Waals surface area contributed by atoms with Gasteiger partial charge in [-0.3, -0.25) is 19.2 Å². The molecule has 0 aliphatic carbocycles. The molecular weight excluding hydrogens is 624 g/mol. The highest BCUT2D eigenvalue weighted by molar-refractivity contribution is 5.73. The molecule has 15 nitrogen and oxygen atoms in total. The predicted octanol–water partition coefficient (Wildman–Crippen LogP) is 0.992. The zero-order chi connectivity index (χ0) is 35.6. The summed E-state index contributed by atoms with van der Waals surface area (Å²) in [5, 5.41) is 42.6. The first-order valence-corrected chi connectivity index (χ1v) is 16.3. The Hall–Kier alpha value is -2.40. The first-order chi connectivity index (χ1) is 22.0. The van der Waals surface area contributed by atoms with Gasteiger partial charge in [0.25, 0.3) is 0 Å². The van der Waals surface area contributed by atoms with Crippen LogP contribution in [0, 0.1) is 23.7 Å². The predicted molar refractivity (Wildman–Crippen MR) is 162 cm³/mol. The van der Waals surface area contributed by atoms with E-state index in [1.54, 1.807) is 41.5 Å². The zero-order valence-electron chi connectivity index (χ0n) is 28.7. The van der Waals surface area contributed by atoms with Gasteiger partial charge in [-0.1, -0.05) is 55.4 Å². The molecule has 2 heterocycles. The number of carbonyl (C=O) groups excluding carboxylic acids is 4. The average Bonchev–Trinajstić information content (AvgIpc) is 3.21. The molecule has 0 aromatic heterocycles. The van der Waals surface area contributed by atoms with Crippen LogP contribution in [0.2, 0.25) is 0 Å². The van der Waals surface area contributed by atoms with Gasteiger partial charge in [0.05, 0.1) is 12.5 Å². The first-order valence-electron chi connectivity index (χ1n) is 16.3. The highest BCUT2D eigenvalue weighted by atomic mass is 16.8. The normalized spacial score (nSPS) is 31.6. The molecule has 47 heavy (non-hydrogen) atoms. The fourth-order valence-electron chi connectivity index (χ4n) is 5.03. The van der Waals surface area contributed by atoms with Crippen molar-refractivity contribution in [2.45, 2.75) is 136 Å². The quantitative estimate of drug-likeness (QED) is 0.125. The van der Waals surface area contributed by atoms with E-state index >= 15 is 0 Å². The lowest BCUT2D eigenvalue weighted by atomic mass is 9.97. The van der Waals surface area contributed by atoms with Gasteiger partial charge in [0.2, 0.25) is 12.1 Å². The third-order valence-electron chi connectivity index (χ3n) is 7.75. The molecule has 2 aliphatic rings. The molecule has 15 heteroatoms. The highest BCUT2D eigenvalue weighted by Gasteiger charge is 2.61. The second kappa shape index (κ2) is 18.4. The lowest BCUT2D eigenvalue weighted by Gasteiger charge is -2.46. The third-order valence-corrected chi connectivity index (χ3v) is 7.75. The molecule has 0 saturated carbocycles. The molecule has 0 radical (unpaired) electrons. The second-order valence-electron chi connectivity index (χ2n) is 13.5. The summed E-state index contributed by atoms with van der Waals surface area (Å²) in [6.07, 6.45) is -12.6. The summed E-state index contributed by atoms with van der Waals surface area (Å²) in [4.78, 5) is 51.1. The number of carbonyl (C=O) groups is 4. The number of hydrogen-bond acceptors (Lipinski definition) is 15. The summed E-state index contributed by atoms with van der Waals surface area (Å²) in [7, 11) is 0. The molecule has 0 bridgehead atoms. The molecule has 0 aromatic carbocycles.